The Morgan fingerprint density at radius 2 is 1.75 bits per heavy atom. The molecule has 4 heteroatoms. The molecule has 0 N–H and O–H groups in total. The zero-order chi connectivity index (χ0) is 11.8. The maximum Gasteiger partial charge on any atom is 0.226 e. The lowest BCUT2D eigenvalue weighted by molar-refractivity contribution is 0.603. The molecule has 0 unspecified atom stereocenters. The molecule has 0 aliphatic carbocycles. The molecule has 0 aliphatic heterocycles. The first kappa shape index (κ1) is 11.6. The van der Waals surface area contributed by atoms with Crippen molar-refractivity contribution in [3.05, 3.63) is 34.9 Å². The van der Waals surface area contributed by atoms with Crippen molar-refractivity contribution in [2.45, 2.75) is 19.6 Å². The van der Waals surface area contributed by atoms with E-state index in [0.717, 1.165) is 15.6 Å². The van der Waals surface area contributed by atoms with Gasteiger partial charge in [-0.3, -0.25) is 0 Å². The Morgan fingerprint density at radius 3 is 2.25 bits per heavy atom. The van der Waals surface area contributed by atoms with Crippen LogP contribution in [0.25, 0.3) is 11.5 Å². The van der Waals surface area contributed by atoms with Gasteiger partial charge in [0.15, 0.2) is 0 Å². The van der Waals surface area contributed by atoms with Crippen molar-refractivity contribution in [1.82, 2.24) is 4.98 Å². The fraction of sp³-hybridized carbons (Fsp3) is 0.250. The summed E-state index contributed by atoms with van der Waals surface area (Å²) in [5.74, 6) is 0.699. The Bertz CT molecular complexity index is 487. The van der Waals surface area contributed by atoms with E-state index in [9.17, 15) is 0 Å². The first-order valence-corrected chi connectivity index (χ1v) is 9.50. The van der Waals surface area contributed by atoms with Crippen molar-refractivity contribution in [3.63, 3.8) is 0 Å². The normalized spacial score (nSPS) is 11.8. The lowest BCUT2D eigenvalue weighted by atomic mass is 10.2. The third kappa shape index (κ3) is 2.28. The molecule has 16 heavy (non-hydrogen) atoms. The molecule has 0 fully saturated rings. The molecule has 2 nitrogen and oxygen atoms in total. The lowest BCUT2D eigenvalue weighted by Crippen LogP contribution is -2.37. The minimum Gasteiger partial charge on any atom is -0.445 e. The zero-order valence-corrected chi connectivity index (χ0v) is 12.2. The summed E-state index contributed by atoms with van der Waals surface area (Å²) >= 11 is 3.48. The molecule has 1 aromatic heterocycles. The van der Waals surface area contributed by atoms with Gasteiger partial charge in [0.05, 0.1) is 0 Å². The third-order valence-corrected chi connectivity index (χ3v) is 4.89. The van der Waals surface area contributed by atoms with Crippen LogP contribution in [-0.4, -0.2) is 13.1 Å². The van der Waals surface area contributed by atoms with E-state index in [-0.39, 0.29) is 0 Å². The molecule has 0 bridgehead atoms. The van der Waals surface area contributed by atoms with Crippen LogP contribution < -0.4 is 5.38 Å². The van der Waals surface area contributed by atoms with Gasteiger partial charge in [-0.1, -0.05) is 37.8 Å². The van der Waals surface area contributed by atoms with Crippen LogP contribution in [0.4, 0.5) is 0 Å². The van der Waals surface area contributed by atoms with E-state index in [1.165, 1.54) is 0 Å². The highest BCUT2D eigenvalue weighted by Gasteiger charge is 2.26. The highest BCUT2D eigenvalue weighted by atomic mass is 79.9. The van der Waals surface area contributed by atoms with Gasteiger partial charge in [0, 0.05) is 5.56 Å². The fourth-order valence-electron chi connectivity index (χ4n) is 1.47. The maximum absolute atomic E-state index is 5.87. The van der Waals surface area contributed by atoms with Gasteiger partial charge in [-0.25, -0.2) is 4.98 Å². The highest BCUT2D eigenvalue weighted by molar-refractivity contribution is 9.10. The van der Waals surface area contributed by atoms with Gasteiger partial charge < -0.3 is 4.42 Å². The second-order valence-electron chi connectivity index (χ2n) is 4.75. The van der Waals surface area contributed by atoms with Crippen molar-refractivity contribution in [2.75, 3.05) is 0 Å². The summed E-state index contributed by atoms with van der Waals surface area (Å²) in [6.07, 6.45) is 0. The lowest BCUT2D eigenvalue weighted by Gasteiger charge is -2.11. The smallest absolute Gasteiger partial charge is 0.226 e. The minimum absolute atomic E-state index is 0.699. The van der Waals surface area contributed by atoms with Crippen LogP contribution in [0.5, 0.6) is 0 Å². The Morgan fingerprint density at radius 1 is 1.12 bits per heavy atom. The summed E-state index contributed by atoms with van der Waals surface area (Å²) in [6, 6.07) is 9.97. The summed E-state index contributed by atoms with van der Waals surface area (Å²) in [5.41, 5.74) is 1.02. The van der Waals surface area contributed by atoms with Gasteiger partial charge in [-0.2, -0.15) is 0 Å². The van der Waals surface area contributed by atoms with Crippen LogP contribution in [0, 0.1) is 0 Å². The molecule has 0 spiro atoms. The molecule has 0 saturated heterocycles. The number of nitrogens with zero attached hydrogens (tertiary/aromatic N) is 1. The van der Waals surface area contributed by atoms with E-state index < -0.39 is 8.07 Å². The van der Waals surface area contributed by atoms with Gasteiger partial charge in [0.25, 0.3) is 0 Å². The van der Waals surface area contributed by atoms with Gasteiger partial charge in [0.2, 0.25) is 5.89 Å². The standard InChI is InChI=1S/C12H14BrNOSi/c1-16(2,3)12-10(13)14-11(15-12)9-7-5-4-6-8-9/h4-8H,1-3H3. The van der Waals surface area contributed by atoms with Crippen LogP contribution in [0.1, 0.15) is 0 Å². The second kappa shape index (κ2) is 4.18. The average Bonchev–Trinajstić information content (AvgIpc) is 2.61. The van der Waals surface area contributed by atoms with Crippen LogP contribution >= 0.6 is 15.9 Å². The molecular formula is C12H14BrNOSi. The molecular weight excluding hydrogens is 282 g/mol. The van der Waals surface area contributed by atoms with Crippen molar-refractivity contribution >= 4 is 29.4 Å². The molecule has 0 atom stereocenters. The van der Waals surface area contributed by atoms with Gasteiger partial charge >= 0.3 is 0 Å². The van der Waals surface area contributed by atoms with Crippen LogP contribution in [0.2, 0.25) is 19.6 Å². The number of hydrogen-bond donors (Lipinski definition) is 0. The fourth-order valence-corrected chi connectivity index (χ4v) is 4.57. The van der Waals surface area contributed by atoms with Crippen molar-refractivity contribution in [2.24, 2.45) is 0 Å². The number of oxazole rings is 1. The predicted molar refractivity (Wildman–Crippen MR) is 72.6 cm³/mol. The second-order valence-corrected chi connectivity index (χ2v) is 10.5. The number of aromatic nitrogens is 1. The van der Waals surface area contributed by atoms with E-state index >= 15 is 0 Å². The van der Waals surface area contributed by atoms with E-state index in [4.69, 9.17) is 4.42 Å². The molecule has 0 aliphatic rings. The number of benzene rings is 1. The summed E-state index contributed by atoms with van der Waals surface area (Å²) in [6.45, 7) is 6.73. The van der Waals surface area contributed by atoms with Crippen molar-refractivity contribution in [1.29, 1.82) is 0 Å². The topological polar surface area (TPSA) is 26.0 Å². The largest absolute Gasteiger partial charge is 0.445 e. The quantitative estimate of drug-likeness (QED) is 0.791. The zero-order valence-electron chi connectivity index (χ0n) is 9.62. The third-order valence-electron chi connectivity index (χ3n) is 2.29. The monoisotopic (exact) mass is 295 g/mol. The highest BCUT2D eigenvalue weighted by Crippen LogP contribution is 2.21. The van der Waals surface area contributed by atoms with Crippen molar-refractivity contribution in [3.8, 4) is 11.5 Å². The minimum atomic E-state index is -1.47. The Kier molecular flexibility index (Phi) is 3.03. The number of rotatable bonds is 2. The Hall–Kier alpha value is -0.873. The van der Waals surface area contributed by atoms with Gasteiger partial charge in [-0.05, 0) is 28.1 Å². The van der Waals surface area contributed by atoms with E-state index in [1.54, 1.807) is 0 Å². The first-order chi connectivity index (χ1) is 7.48. The molecule has 0 amide bonds. The van der Waals surface area contributed by atoms with E-state index in [0.29, 0.717) is 5.89 Å². The van der Waals surface area contributed by atoms with Crippen LogP contribution in [-0.2, 0) is 0 Å². The molecule has 0 saturated carbocycles. The number of hydrogen-bond acceptors (Lipinski definition) is 2. The average molecular weight is 296 g/mol. The SMILES string of the molecule is C[Si](C)(C)c1oc(-c2ccccc2)nc1Br. The van der Waals surface area contributed by atoms with Gasteiger partial charge in [0.1, 0.15) is 18.1 Å². The molecule has 2 rings (SSSR count). The molecule has 0 radical (unpaired) electrons. The summed E-state index contributed by atoms with van der Waals surface area (Å²) < 4.78 is 6.72. The van der Waals surface area contributed by atoms with E-state index in [2.05, 4.69) is 40.6 Å². The predicted octanol–water partition coefficient (Wildman–Crippen LogP) is 3.65. The van der Waals surface area contributed by atoms with E-state index in [1.807, 2.05) is 30.3 Å². The molecule has 1 aromatic carbocycles. The van der Waals surface area contributed by atoms with Crippen LogP contribution in [0.3, 0.4) is 0 Å². The maximum atomic E-state index is 5.87. The van der Waals surface area contributed by atoms with Gasteiger partial charge in [-0.15, -0.1) is 0 Å². The Balaban J connectivity index is 2.47. The Labute approximate surface area is 105 Å². The summed E-state index contributed by atoms with van der Waals surface area (Å²) in [5, 5.41) is 1.02. The first-order valence-electron chi connectivity index (χ1n) is 5.21. The molecule has 1 heterocycles. The summed E-state index contributed by atoms with van der Waals surface area (Å²) in [7, 11) is -1.47. The summed E-state index contributed by atoms with van der Waals surface area (Å²) in [4.78, 5) is 4.43. The molecule has 2 aromatic rings. The van der Waals surface area contributed by atoms with Crippen LogP contribution in [0.15, 0.2) is 39.4 Å². The molecule has 84 valence electrons. The van der Waals surface area contributed by atoms with Crippen molar-refractivity contribution < 1.29 is 4.42 Å². The number of halogens is 1.